The molecule has 0 spiro atoms. The Morgan fingerprint density at radius 1 is 1.09 bits per heavy atom. The van der Waals surface area contributed by atoms with Crippen molar-refractivity contribution in [2.75, 3.05) is 36.6 Å². The minimum absolute atomic E-state index is 0.0642. The molecule has 0 radical (unpaired) electrons. The third-order valence-corrected chi connectivity index (χ3v) is 5.80. The molecule has 0 saturated carbocycles. The van der Waals surface area contributed by atoms with Gasteiger partial charge in [-0.3, -0.25) is 14.4 Å². The standard InChI is InChI=1S/C30H37N3O10/c1-6-39-24(35)18-41-23-9-7-8-22(16-23)33-14-15-40-26(28(33)37)25(42-19(2)34)27(36)32-21-12-10-20(11-13-21)17-31-29(38)43-30(3,4)5/h7-13,16,25-26H,6,14-15,17-18H2,1-5H3,(H,31,38)(H,32,36)/t25-,26?/m1/s1. The normalized spacial score (nSPS) is 15.6. The second-order valence-electron chi connectivity index (χ2n) is 10.4. The van der Waals surface area contributed by atoms with Crippen molar-refractivity contribution in [2.45, 2.75) is 59.0 Å². The van der Waals surface area contributed by atoms with Gasteiger partial charge in [-0.15, -0.1) is 0 Å². The summed E-state index contributed by atoms with van der Waals surface area (Å²) in [5.74, 6) is -2.33. The molecule has 0 aliphatic carbocycles. The van der Waals surface area contributed by atoms with Gasteiger partial charge in [-0.2, -0.15) is 0 Å². The van der Waals surface area contributed by atoms with Gasteiger partial charge in [0.1, 0.15) is 11.4 Å². The van der Waals surface area contributed by atoms with Crippen LogP contribution in [-0.4, -0.2) is 74.0 Å². The lowest BCUT2D eigenvalue weighted by Gasteiger charge is -2.35. The van der Waals surface area contributed by atoms with Gasteiger partial charge in [-0.05, 0) is 57.5 Å². The van der Waals surface area contributed by atoms with Crippen molar-refractivity contribution in [3.05, 3.63) is 54.1 Å². The molecule has 1 unspecified atom stereocenters. The van der Waals surface area contributed by atoms with E-state index in [0.717, 1.165) is 12.5 Å². The summed E-state index contributed by atoms with van der Waals surface area (Å²) in [4.78, 5) is 63.6. The van der Waals surface area contributed by atoms with Crippen molar-refractivity contribution in [2.24, 2.45) is 0 Å². The molecule has 0 bridgehead atoms. The van der Waals surface area contributed by atoms with Crippen molar-refractivity contribution >= 4 is 41.2 Å². The summed E-state index contributed by atoms with van der Waals surface area (Å²) in [6, 6.07) is 13.1. The maximum absolute atomic E-state index is 13.5. The number of carbonyl (C=O) groups excluding carboxylic acids is 5. The molecule has 13 nitrogen and oxygen atoms in total. The summed E-state index contributed by atoms with van der Waals surface area (Å²) < 4.78 is 26.4. The third kappa shape index (κ3) is 10.3. The molecule has 1 heterocycles. The number of hydrogen-bond acceptors (Lipinski definition) is 10. The van der Waals surface area contributed by atoms with Gasteiger partial charge >= 0.3 is 18.0 Å². The number of anilines is 2. The largest absolute Gasteiger partial charge is 0.482 e. The molecule has 0 aromatic heterocycles. The smallest absolute Gasteiger partial charge is 0.407 e. The van der Waals surface area contributed by atoms with Crippen molar-refractivity contribution in [3.63, 3.8) is 0 Å². The summed E-state index contributed by atoms with van der Waals surface area (Å²) in [6.07, 6.45) is -3.56. The maximum Gasteiger partial charge on any atom is 0.407 e. The first-order chi connectivity index (χ1) is 20.4. The summed E-state index contributed by atoms with van der Waals surface area (Å²) in [6.45, 7) is 8.47. The minimum atomic E-state index is -1.58. The first-order valence-electron chi connectivity index (χ1n) is 13.7. The Hall–Kier alpha value is -4.65. The Bertz CT molecular complexity index is 1310. The van der Waals surface area contributed by atoms with Crippen LogP contribution in [0.25, 0.3) is 0 Å². The number of nitrogens with one attached hydrogen (secondary N) is 2. The van der Waals surface area contributed by atoms with Crippen LogP contribution in [0.4, 0.5) is 16.2 Å². The molecule has 2 aromatic rings. The highest BCUT2D eigenvalue weighted by molar-refractivity contribution is 6.04. The van der Waals surface area contributed by atoms with E-state index in [1.54, 1.807) is 76.2 Å². The monoisotopic (exact) mass is 599 g/mol. The van der Waals surface area contributed by atoms with Crippen molar-refractivity contribution in [1.29, 1.82) is 0 Å². The van der Waals surface area contributed by atoms with Crippen molar-refractivity contribution in [3.8, 4) is 5.75 Å². The Balaban J connectivity index is 1.67. The average molecular weight is 600 g/mol. The number of rotatable bonds is 11. The zero-order chi connectivity index (χ0) is 31.6. The number of nitrogens with zero attached hydrogens (tertiary/aromatic N) is 1. The predicted molar refractivity (Wildman–Crippen MR) is 154 cm³/mol. The predicted octanol–water partition coefficient (Wildman–Crippen LogP) is 2.96. The molecule has 3 rings (SSSR count). The van der Waals surface area contributed by atoms with E-state index < -0.39 is 47.7 Å². The van der Waals surface area contributed by atoms with Gasteiger partial charge in [0.05, 0.1) is 13.2 Å². The van der Waals surface area contributed by atoms with Crippen LogP contribution >= 0.6 is 0 Å². The van der Waals surface area contributed by atoms with Crippen LogP contribution in [0.2, 0.25) is 0 Å². The topological polar surface area (TPSA) is 159 Å². The lowest BCUT2D eigenvalue weighted by atomic mass is 10.1. The number of amides is 3. The van der Waals surface area contributed by atoms with Crippen molar-refractivity contribution in [1.82, 2.24) is 5.32 Å². The second-order valence-corrected chi connectivity index (χ2v) is 10.4. The van der Waals surface area contributed by atoms with Gasteiger partial charge in [-0.1, -0.05) is 18.2 Å². The third-order valence-electron chi connectivity index (χ3n) is 5.80. The van der Waals surface area contributed by atoms with Gasteiger partial charge in [-0.25, -0.2) is 9.59 Å². The highest BCUT2D eigenvalue weighted by atomic mass is 16.6. The van der Waals surface area contributed by atoms with Gasteiger partial charge in [0.15, 0.2) is 12.7 Å². The Labute approximate surface area is 249 Å². The van der Waals surface area contributed by atoms with Crippen LogP contribution in [0.15, 0.2) is 48.5 Å². The lowest BCUT2D eigenvalue weighted by Crippen LogP contribution is -2.56. The Morgan fingerprint density at radius 2 is 1.81 bits per heavy atom. The van der Waals surface area contributed by atoms with Crippen LogP contribution in [0.1, 0.15) is 40.2 Å². The second kappa shape index (κ2) is 15.0. The van der Waals surface area contributed by atoms with Crippen LogP contribution in [0, 0.1) is 0 Å². The summed E-state index contributed by atoms with van der Waals surface area (Å²) in [7, 11) is 0. The number of alkyl carbamates (subject to hydrolysis) is 1. The van der Waals surface area contributed by atoms with Gasteiger partial charge in [0, 0.05) is 37.5 Å². The number of esters is 2. The van der Waals surface area contributed by atoms with Gasteiger partial charge in [0.2, 0.25) is 6.10 Å². The quantitative estimate of drug-likeness (QED) is 0.290. The number of ether oxygens (including phenoxy) is 5. The molecule has 2 atom stereocenters. The molecule has 1 aliphatic heterocycles. The van der Waals surface area contributed by atoms with Gasteiger partial charge in [0.25, 0.3) is 11.8 Å². The zero-order valence-corrected chi connectivity index (χ0v) is 24.8. The molecule has 43 heavy (non-hydrogen) atoms. The van der Waals surface area contributed by atoms with E-state index in [0.29, 0.717) is 17.1 Å². The van der Waals surface area contributed by atoms with E-state index in [-0.39, 0.29) is 32.9 Å². The zero-order valence-electron chi connectivity index (χ0n) is 24.8. The highest BCUT2D eigenvalue weighted by Crippen LogP contribution is 2.26. The lowest BCUT2D eigenvalue weighted by molar-refractivity contribution is -0.167. The Kier molecular flexibility index (Phi) is 11.5. The maximum atomic E-state index is 13.5. The molecule has 232 valence electrons. The minimum Gasteiger partial charge on any atom is -0.482 e. The first kappa shape index (κ1) is 32.9. The average Bonchev–Trinajstić information content (AvgIpc) is 2.94. The summed E-state index contributed by atoms with van der Waals surface area (Å²) in [5, 5.41) is 5.30. The number of morpholine rings is 1. The number of benzene rings is 2. The molecular formula is C30H37N3O10. The fourth-order valence-electron chi connectivity index (χ4n) is 4.00. The van der Waals surface area contributed by atoms with Crippen LogP contribution in [-0.2, 0) is 44.7 Å². The summed E-state index contributed by atoms with van der Waals surface area (Å²) in [5.41, 5.74) is 0.934. The van der Waals surface area contributed by atoms with Crippen LogP contribution in [0.5, 0.6) is 5.75 Å². The molecule has 2 N–H and O–H groups in total. The van der Waals surface area contributed by atoms with E-state index in [1.807, 2.05) is 0 Å². The van der Waals surface area contributed by atoms with Crippen LogP contribution < -0.4 is 20.3 Å². The molecule has 1 aliphatic rings. The van der Waals surface area contributed by atoms with E-state index in [2.05, 4.69) is 10.6 Å². The fourth-order valence-corrected chi connectivity index (χ4v) is 4.00. The number of hydrogen-bond donors (Lipinski definition) is 2. The Morgan fingerprint density at radius 3 is 2.47 bits per heavy atom. The van der Waals surface area contributed by atoms with E-state index in [9.17, 15) is 24.0 Å². The molecular weight excluding hydrogens is 562 g/mol. The SMILES string of the molecule is CCOC(=O)COc1cccc(N2CCOC([C@@H](OC(C)=O)C(=O)Nc3ccc(CNC(=O)OC(C)(C)C)cc3)C2=O)c1. The highest BCUT2D eigenvalue weighted by Gasteiger charge is 2.42. The summed E-state index contributed by atoms with van der Waals surface area (Å²) >= 11 is 0. The van der Waals surface area contributed by atoms with Crippen LogP contribution in [0.3, 0.4) is 0 Å². The molecule has 1 fully saturated rings. The molecule has 1 saturated heterocycles. The van der Waals surface area contributed by atoms with E-state index in [4.69, 9.17) is 23.7 Å². The van der Waals surface area contributed by atoms with E-state index in [1.165, 1.54) is 4.90 Å². The first-order valence-corrected chi connectivity index (χ1v) is 13.7. The number of carbonyl (C=O) groups is 5. The van der Waals surface area contributed by atoms with Crippen molar-refractivity contribution < 1.29 is 47.7 Å². The van der Waals surface area contributed by atoms with Gasteiger partial charge < -0.3 is 39.2 Å². The fraction of sp³-hybridized carbons (Fsp3) is 0.433. The molecule has 2 aromatic carbocycles. The molecule has 13 heteroatoms. The molecule has 3 amide bonds. The van der Waals surface area contributed by atoms with E-state index >= 15 is 0 Å².